The second-order valence-corrected chi connectivity index (χ2v) is 14.1. The summed E-state index contributed by atoms with van der Waals surface area (Å²) in [6.45, 7) is 15.1. The lowest BCUT2D eigenvalue weighted by atomic mass is 9.71. The minimum absolute atomic E-state index is 0.0677. The molecular formula is C35H52O7. The number of fused-ring (bicyclic) bond motifs is 2. The number of hydrogen-bond donors (Lipinski definition) is 2. The lowest BCUT2D eigenvalue weighted by Crippen LogP contribution is -2.58. The molecule has 5 aliphatic rings. The van der Waals surface area contributed by atoms with E-state index in [1.807, 2.05) is 12.2 Å². The van der Waals surface area contributed by atoms with Gasteiger partial charge in [-0.05, 0) is 67.9 Å². The highest BCUT2D eigenvalue weighted by molar-refractivity contribution is 5.78. The number of ether oxygens (including phenoxy) is 4. The number of esters is 1. The Balaban J connectivity index is 1.55. The average molecular weight is 585 g/mol. The molecule has 0 aromatic heterocycles. The smallest absolute Gasteiger partial charge is 0.316 e. The van der Waals surface area contributed by atoms with Crippen LogP contribution in [0, 0.1) is 29.6 Å². The number of carbonyl (C=O) groups is 1. The summed E-state index contributed by atoms with van der Waals surface area (Å²) in [7, 11) is 0. The van der Waals surface area contributed by atoms with Crippen LogP contribution in [0.2, 0.25) is 0 Å². The van der Waals surface area contributed by atoms with Crippen molar-refractivity contribution in [2.45, 2.75) is 129 Å². The second-order valence-electron chi connectivity index (χ2n) is 14.1. The number of carbonyl (C=O) groups excluding carboxylic acids is 1. The van der Waals surface area contributed by atoms with Crippen molar-refractivity contribution in [1.29, 1.82) is 0 Å². The summed E-state index contributed by atoms with van der Waals surface area (Å²) in [5, 5.41) is 23.1. The standard InChI is InChI=1S/C35H52O7/c1-8-25-16-27-17-28(18-34(41-27)13-12-22(5)31(42-34)20(2)3)40-33(37)29-15-24(7)30(36)32-35(29,38)26(19-39-32)11-9-10-21(4)14-23(25)6/h9-11,14-15,20-22,25,27-32,36,38H,8,12-13,16-19H2,1-7H3/b10-9+,23-14-,26-11+. The highest BCUT2D eigenvalue weighted by atomic mass is 16.7. The Hall–Kier alpha value is -1.77. The number of allylic oxidation sites excluding steroid dienone is 5. The van der Waals surface area contributed by atoms with Gasteiger partial charge in [0.05, 0.1) is 18.8 Å². The van der Waals surface area contributed by atoms with Crippen LogP contribution in [-0.4, -0.2) is 64.7 Å². The molecule has 0 aromatic rings. The third kappa shape index (κ3) is 5.97. The summed E-state index contributed by atoms with van der Waals surface area (Å²) >= 11 is 0. The topological polar surface area (TPSA) is 94.5 Å². The fraction of sp³-hybridized carbons (Fsp3) is 0.743. The maximum atomic E-state index is 14.0. The monoisotopic (exact) mass is 584 g/mol. The fourth-order valence-electron chi connectivity index (χ4n) is 8.08. The molecule has 7 heteroatoms. The van der Waals surface area contributed by atoms with Crippen LogP contribution in [0.5, 0.6) is 0 Å². The van der Waals surface area contributed by atoms with Gasteiger partial charge in [0.15, 0.2) is 5.79 Å². The molecule has 234 valence electrons. The molecule has 0 aromatic carbocycles. The minimum atomic E-state index is -1.69. The fourth-order valence-corrected chi connectivity index (χ4v) is 8.08. The van der Waals surface area contributed by atoms with Gasteiger partial charge in [0.2, 0.25) is 0 Å². The molecule has 4 heterocycles. The maximum absolute atomic E-state index is 14.0. The van der Waals surface area contributed by atoms with E-state index < -0.39 is 41.6 Å². The van der Waals surface area contributed by atoms with Crippen molar-refractivity contribution in [3.05, 3.63) is 47.1 Å². The van der Waals surface area contributed by atoms with Crippen LogP contribution in [0.25, 0.3) is 0 Å². The van der Waals surface area contributed by atoms with E-state index in [4.69, 9.17) is 18.9 Å². The number of hydrogen-bond acceptors (Lipinski definition) is 7. The van der Waals surface area contributed by atoms with Gasteiger partial charge in [-0.2, -0.15) is 0 Å². The molecule has 7 nitrogen and oxygen atoms in total. The van der Waals surface area contributed by atoms with Crippen molar-refractivity contribution < 1.29 is 34.0 Å². The molecular weight excluding hydrogens is 532 g/mol. The van der Waals surface area contributed by atoms with Crippen molar-refractivity contribution in [2.75, 3.05) is 6.61 Å². The van der Waals surface area contributed by atoms with Gasteiger partial charge in [0, 0.05) is 19.3 Å². The Kier molecular flexibility index (Phi) is 9.28. The van der Waals surface area contributed by atoms with Gasteiger partial charge in [0.1, 0.15) is 29.8 Å². The molecule has 3 saturated heterocycles. The second kappa shape index (κ2) is 12.3. The van der Waals surface area contributed by atoms with Crippen LogP contribution < -0.4 is 0 Å². The summed E-state index contributed by atoms with van der Waals surface area (Å²) in [6.07, 6.45) is 12.0. The van der Waals surface area contributed by atoms with Gasteiger partial charge in [0.25, 0.3) is 0 Å². The van der Waals surface area contributed by atoms with E-state index in [0.29, 0.717) is 41.7 Å². The summed E-state index contributed by atoms with van der Waals surface area (Å²) in [5.41, 5.74) is 0.805. The molecule has 11 atom stereocenters. The van der Waals surface area contributed by atoms with Crippen molar-refractivity contribution in [2.24, 2.45) is 29.6 Å². The lowest BCUT2D eigenvalue weighted by Gasteiger charge is -2.51. The van der Waals surface area contributed by atoms with Crippen molar-refractivity contribution in [3.8, 4) is 0 Å². The molecule has 1 aliphatic carbocycles. The Morgan fingerprint density at radius 1 is 1.07 bits per heavy atom. The summed E-state index contributed by atoms with van der Waals surface area (Å²) in [5.74, 6) is -1.00. The molecule has 2 bridgehead atoms. The third-order valence-corrected chi connectivity index (χ3v) is 10.5. The van der Waals surface area contributed by atoms with Gasteiger partial charge < -0.3 is 29.2 Å². The van der Waals surface area contributed by atoms with Gasteiger partial charge >= 0.3 is 5.97 Å². The van der Waals surface area contributed by atoms with Crippen LogP contribution in [0.15, 0.2) is 47.1 Å². The Bertz CT molecular complexity index is 1140. The van der Waals surface area contributed by atoms with Crippen LogP contribution in [-0.2, 0) is 23.7 Å². The number of aliphatic hydroxyl groups excluding tert-OH is 1. The molecule has 0 saturated carbocycles. The molecule has 11 unspecified atom stereocenters. The zero-order chi connectivity index (χ0) is 30.4. The van der Waals surface area contributed by atoms with Crippen LogP contribution in [0.1, 0.15) is 87.0 Å². The highest BCUT2D eigenvalue weighted by Crippen LogP contribution is 2.48. The van der Waals surface area contributed by atoms with E-state index in [2.05, 4.69) is 53.7 Å². The molecule has 4 aliphatic heterocycles. The van der Waals surface area contributed by atoms with Gasteiger partial charge in [-0.25, -0.2) is 0 Å². The van der Waals surface area contributed by atoms with Crippen molar-refractivity contribution >= 4 is 5.97 Å². The summed E-state index contributed by atoms with van der Waals surface area (Å²) in [6, 6.07) is 0. The molecule has 1 spiro atoms. The van der Waals surface area contributed by atoms with E-state index in [9.17, 15) is 15.0 Å². The minimum Gasteiger partial charge on any atom is -0.462 e. The molecule has 0 amide bonds. The lowest BCUT2D eigenvalue weighted by molar-refractivity contribution is -0.341. The zero-order valence-corrected chi connectivity index (χ0v) is 26.5. The van der Waals surface area contributed by atoms with E-state index in [1.54, 1.807) is 13.0 Å². The van der Waals surface area contributed by atoms with E-state index in [-0.39, 0.29) is 24.7 Å². The summed E-state index contributed by atoms with van der Waals surface area (Å²) < 4.78 is 26.0. The quantitative estimate of drug-likeness (QED) is 0.313. The molecule has 2 N–H and O–H groups in total. The first-order chi connectivity index (χ1) is 19.9. The Labute approximate surface area is 252 Å². The largest absolute Gasteiger partial charge is 0.462 e. The maximum Gasteiger partial charge on any atom is 0.316 e. The molecule has 42 heavy (non-hydrogen) atoms. The first kappa shape index (κ1) is 31.6. The van der Waals surface area contributed by atoms with Crippen LogP contribution in [0.4, 0.5) is 0 Å². The molecule has 0 radical (unpaired) electrons. The van der Waals surface area contributed by atoms with Crippen LogP contribution in [0.3, 0.4) is 0 Å². The predicted molar refractivity (Wildman–Crippen MR) is 161 cm³/mol. The zero-order valence-electron chi connectivity index (χ0n) is 26.5. The van der Waals surface area contributed by atoms with E-state index in [1.165, 1.54) is 5.57 Å². The van der Waals surface area contributed by atoms with Crippen LogP contribution >= 0.6 is 0 Å². The average Bonchev–Trinajstić information content (AvgIpc) is 3.27. The molecule has 5 rings (SSSR count). The van der Waals surface area contributed by atoms with Gasteiger partial charge in [-0.3, -0.25) is 4.79 Å². The third-order valence-electron chi connectivity index (χ3n) is 10.5. The van der Waals surface area contributed by atoms with E-state index >= 15 is 0 Å². The Morgan fingerprint density at radius 2 is 1.83 bits per heavy atom. The van der Waals surface area contributed by atoms with Gasteiger partial charge in [-0.15, -0.1) is 0 Å². The first-order valence-electron chi connectivity index (χ1n) is 16.2. The first-order valence-corrected chi connectivity index (χ1v) is 16.2. The number of rotatable bonds is 2. The van der Waals surface area contributed by atoms with Crippen molar-refractivity contribution in [1.82, 2.24) is 0 Å². The molecule has 3 fully saturated rings. The van der Waals surface area contributed by atoms with Crippen molar-refractivity contribution in [3.63, 3.8) is 0 Å². The predicted octanol–water partition coefficient (Wildman–Crippen LogP) is 5.81. The van der Waals surface area contributed by atoms with E-state index in [0.717, 1.165) is 25.7 Å². The summed E-state index contributed by atoms with van der Waals surface area (Å²) in [4.78, 5) is 14.0. The SMILES string of the molecule is CCC1CC2CC(CC3(CCC(C)C(C(C)C)O3)O2)OC(=O)C2C=C(C)C(O)C3OC/C(=C\C=C\C(C)/C=C\1C)C23O. The highest BCUT2D eigenvalue weighted by Gasteiger charge is 2.60. The van der Waals surface area contributed by atoms with Gasteiger partial charge in [-0.1, -0.05) is 70.6 Å². The number of aliphatic hydroxyl groups is 2. The Morgan fingerprint density at radius 3 is 2.55 bits per heavy atom. The normalized spacial score (nSPS) is 48.0.